The van der Waals surface area contributed by atoms with Crippen molar-refractivity contribution >= 4 is 18.3 Å². The molecule has 2 N–H and O–H groups in total. The van der Waals surface area contributed by atoms with Gasteiger partial charge in [-0.3, -0.25) is 9.69 Å². The smallest absolute Gasteiger partial charge is 0.237 e. The largest absolute Gasteiger partial charge is 0.353 e. The van der Waals surface area contributed by atoms with Crippen LogP contribution in [0.2, 0.25) is 0 Å². The third-order valence-corrected chi connectivity index (χ3v) is 3.77. The van der Waals surface area contributed by atoms with Gasteiger partial charge in [0.15, 0.2) is 0 Å². The second-order valence-electron chi connectivity index (χ2n) is 5.14. The molecule has 0 bridgehead atoms. The van der Waals surface area contributed by atoms with Crippen LogP contribution in [0.1, 0.15) is 32.6 Å². The normalized spacial score (nSPS) is 25.5. The van der Waals surface area contributed by atoms with Crippen LogP contribution in [0.4, 0.5) is 0 Å². The number of likely N-dealkylation sites (N-methyl/N-ethyl adjacent to an activating group) is 1. The molecule has 0 aromatic carbocycles. The Balaban J connectivity index is 0.00000144. The number of hydrogen-bond acceptors (Lipinski definition) is 3. The predicted molar refractivity (Wildman–Crippen MR) is 71.5 cm³/mol. The van der Waals surface area contributed by atoms with Crippen molar-refractivity contribution in [1.29, 1.82) is 0 Å². The van der Waals surface area contributed by atoms with E-state index in [1.54, 1.807) is 0 Å². The molecule has 5 heteroatoms. The summed E-state index contributed by atoms with van der Waals surface area (Å²) in [6, 6.07) is 1.26. The van der Waals surface area contributed by atoms with Gasteiger partial charge in [0.2, 0.25) is 5.91 Å². The van der Waals surface area contributed by atoms with Crippen LogP contribution in [-0.4, -0.2) is 49.1 Å². The first-order valence-corrected chi connectivity index (χ1v) is 6.41. The lowest BCUT2D eigenvalue weighted by Gasteiger charge is -2.25. The quantitative estimate of drug-likeness (QED) is 0.768. The first-order chi connectivity index (χ1) is 7.68. The van der Waals surface area contributed by atoms with Crippen molar-refractivity contribution in [2.24, 2.45) is 0 Å². The molecule has 1 saturated heterocycles. The van der Waals surface area contributed by atoms with Crippen LogP contribution >= 0.6 is 12.4 Å². The molecule has 0 aromatic rings. The molecule has 4 nitrogen and oxygen atoms in total. The molecule has 1 aliphatic heterocycles. The van der Waals surface area contributed by atoms with Crippen molar-refractivity contribution in [1.82, 2.24) is 15.5 Å². The lowest BCUT2D eigenvalue weighted by atomic mass is 10.2. The molecule has 0 spiro atoms. The Morgan fingerprint density at radius 2 is 2.18 bits per heavy atom. The highest BCUT2D eigenvalue weighted by Gasteiger charge is 2.29. The Morgan fingerprint density at radius 1 is 1.47 bits per heavy atom. The summed E-state index contributed by atoms with van der Waals surface area (Å²) in [5, 5.41) is 6.26. The Kier molecular flexibility index (Phi) is 5.70. The second kappa shape index (κ2) is 6.57. The van der Waals surface area contributed by atoms with Crippen molar-refractivity contribution in [3.63, 3.8) is 0 Å². The molecule has 2 fully saturated rings. The SMILES string of the molecule is CC(CNC(=O)[C@@H]1CCCN1)N(C)C1CC1.Cl. The molecular formula is C12H24ClN3O. The molecule has 17 heavy (non-hydrogen) atoms. The average Bonchev–Trinajstić information content (AvgIpc) is 2.99. The molecule has 2 aliphatic rings. The maximum atomic E-state index is 11.8. The van der Waals surface area contributed by atoms with E-state index in [-0.39, 0.29) is 24.4 Å². The van der Waals surface area contributed by atoms with Crippen LogP contribution in [-0.2, 0) is 4.79 Å². The van der Waals surface area contributed by atoms with Crippen molar-refractivity contribution in [2.75, 3.05) is 20.1 Å². The van der Waals surface area contributed by atoms with E-state index in [4.69, 9.17) is 0 Å². The summed E-state index contributed by atoms with van der Waals surface area (Å²) in [7, 11) is 2.16. The van der Waals surface area contributed by atoms with Crippen LogP contribution in [0, 0.1) is 0 Å². The minimum absolute atomic E-state index is 0. The fourth-order valence-corrected chi connectivity index (χ4v) is 2.27. The van der Waals surface area contributed by atoms with Crippen LogP contribution < -0.4 is 10.6 Å². The minimum Gasteiger partial charge on any atom is -0.353 e. The van der Waals surface area contributed by atoms with Crippen LogP contribution in [0.25, 0.3) is 0 Å². The van der Waals surface area contributed by atoms with Gasteiger partial charge in [-0.1, -0.05) is 0 Å². The second-order valence-corrected chi connectivity index (χ2v) is 5.14. The summed E-state index contributed by atoms with van der Waals surface area (Å²) in [4.78, 5) is 14.1. The molecule has 1 unspecified atom stereocenters. The van der Waals surface area contributed by atoms with Crippen molar-refractivity contribution < 1.29 is 4.79 Å². The van der Waals surface area contributed by atoms with E-state index in [0.717, 1.165) is 32.0 Å². The number of carbonyl (C=O) groups is 1. The molecule has 2 rings (SSSR count). The zero-order valence-corrected chi connectivity index (χ0v) is 11.6. The number of nitrogens with one attached hydrogen (secondary N) is 2. The van der Waals surface area contributed by atoms with E-state index in [1.165, 1.54) is 12.8 Å². The van der Waals surface area contributed by atoms with E-state index in [9.17, 15) is 4.79 Å². The first kappa shape index (κ1) is 14.7. The molecule has 1 amide bonds. The highest BCUT2D eigenvalue weighted by atomic mass is 35.5. The van der Waals surface area contributed by atoms with E-state index < -0.39 is 0 Å². The Labute approximate surface area is 110 Å². The number of nitrogens with zero attached hydrogens (tertiary/aromatic N) is 1. The highest BCUT2D eigenvalue weighted by Crippen LogP contribution is 2.26. The molecule has 0 aromatic heterocycles. The van der Waals surface area contributed by atoms with Gasteiger partial charge in [-0.15, -0.1) is 12.4 Å². The Bertz CT molecular complexity index is 252. The van der Waals surface area contributed by atoms with Gasteiger partial charge in [0, 0.05) is 18.6 Å². The number of amides is 1. The van der Waals surface area contributed by atoms with E-state index in [1.807, 2.05) is 0 Å². The topological polar surface area (TPSA) is 44.4 Å². The first-order valence-electron chi connectivity index (χ1n) is 6.41. The number of rotatable bonds is 5. The standard InChI is InChI=1S/C12H23N3O.ClH/c1-9(15(2)10-5-6-10)8-14-12(16)11-4-3-7-13-11;/h9-11,13H,3-8H2,1-2H3,(H,14,16);1H/t9?,11-;/m0./s1. The number of hydrogen-bond donors (Lipinski definition) is 2. The zero-order valence-electron chi connectivity index (χ0n) is 10.7. The molecule has 1 heterocycles. The van der Waals surface area contributed by atoms with Crippen LogP contribution in [0.5, 0.6) is 0 Å². The van der Waals surface area contributed by atoms with Gasteiger partial charge < -0.3 is 10.6 Å². The molecule has 1 saturated carbocycles. The maximum absolute atomic E-state index is 11.8. The molecule has 2 atom stereocenters. The summed E-state index contributed by atoms with van der Waals surface area (Å²) in [5.74, 6) is 0.175. The zero-order chi connectivity index (χ0) is 11.5. The van der Waals surface area contributed by atoms with Crippen LogP contribution in [0.15, 0.2) is 0 Å². The number of carbonyl (C=O) groups excluding carboxylic acids is 1. The number of halogens is 1. The third-order valence-electron chi connectivity index (χ3n) is 3.77. The van der Waals surface area contributed by atoms with Gasteiger partial charge in [-0.25, -0.2) is 0 Å². The predicted octanol–water partition coefficient (Wildman–Crippen LogP) is 0.759. The van der Waals surface area contributed by atoms with Gasteiger partial charge in [0.1, 0.15) is 0 Å². The monoisotopic (exact) mass is 261 g/mol. The maximum Gasteiger partial charge on any atom is 0.237 e. The molecule has 100 valence electrons. The summed E-state index contributed by atoms with van der Waals surface area (Å²) in [5.41, 5.74) is 0. The summed E-state index contributed by atoms with van der Waals surface area (Å²) < 4.78 is 0. The minimum atomic E-state index is 0. The fraction of sp³-hybridized carbons (Fsp3) is 0.917. The molecule has 1 aliphatic carbocycles. The average molecular weight is 262 g/mol. The van der Waals surface area contributed by atoms with Crippen LogP contribution in [0.3, 0.4) is 0 Å². The van der Waals surface area contributed by atoms with Crippen molar-refractivity contribution in [3.05, 3.63) is 0 Å². The molecule has 0 radical (unpaired) electrons. The van der Waals surface area contributed by atoms with E-state index in [0.29, 0.717) is 6.04 Å². The van der Waals surface area contributed by atoms with Gasteiger partial charge in [0.05, 0.1) is 6.04 Å². The van der Waals surface area contributed by atoms with Gasteiger partial charge in [-0.2, -0.15) is 0 Å². The lowest BCUT2D eigenvalue weighted by molar-refractivity contribution is -0.123. The van der Waals surface area contributed by atoms with E-state index in [2.05, 4.69) is 29.5 Å². The lowest BCUT2D eigenvalue weighted by Crippen LogP contribution is -2.46. The highest BCUT2D eigenvalue weighted by molar-refractivity contribution is 5.85. The Hall–Kier alpha value is -0.320. The van der Waals surface area contributed by atoms with E-state index >= 15 is 0 Å². The molecular weight excluding hydrogens is 238 g/mol. The summed E-state index contributed by atoms with van der Waals surface area (Å²) in [6.45, 7) is 3.93. The fourth-order valence-electron chi connectivity index (χ4n) is 2.27. The summed E-state index contributed by atoms with van der Waals surface area (Å²) in [6.07, 6.45) is 4.74. The van der Waals surface area contributed by atoms with Gasteiger partial charge >= 0.3 is 0 Å². The van der Waals surface area contributed by atoms with Gasteiger partial charge in [0.25, 0.3) is 0 Å². The van der Waals surface area contributed by atoms with Crippen molar-refractivity contribution in [2.45, 2.75) is 50.7 Å². The Morgan fingerprint density at radius 3 is 2.71 bits per heavy atom. The van der Waals surface area contributed by atoms with Crippen molar-refractivity contribution in [3.8, 4) is 0 Å². The third kappa shape index (κ3) is 4.12. The summed E-state index contributed by atoms with van der Waals surface area (Å²) >= 11 is 0. The van der Waals surface area contributed by atoms with Gasteiger partial charge in [-0.05, 0) is 46.2 Å².